The highest BCUT2D eigenvalue weighted by Crippen LogP contribution is 2.47. The Balaban J connectivity index is 1.24. The maximum absolute atomic E-state index is 14.1. The topological polar surface area (TPSA) is 57.5 Å². The van der Waals surface area contributed by atoms with Crippen molar-refractivity contribution in [1.82, 2.24) is 24.6 Å². The molecule has 0 radical (unpaired) electrons. The van der Waals surface area contributed by atoms with E-state index in [2.05, 4.69) is 10.2 Å². The molecule has 2 saturated heterocycles. The summed E-state index contributed by atoms with van der Waals surface area (Å²) in [4.78, 5) is 17.1. The molecule has 7 nitrogen and oxygen atoms in total. The molecule has 4 aliphatic rings. The predicted molar refractivity (Wildman–Crippen MR) is 111 cm³/mol. The van der Waals surface area contributed by atoms with Crippen molar-refractivity contribution in [2.24, 2.45) is 5.41 Å². The molecule has 0 N–H and O–H groups in total. The number of rotatable bonds is 3. The van der Waals surface area contributed by atoms with E-state index in [9.17, 15) is 22.4 Å². The van der Waals surface area contributed by atoms with Crippen LogP contribution in [0.1, 0.15) is 24.2 Å². The number of nitrogens with zero attached hydrogens (tertiary/aromatic N) is 6. The summed E-state index contributed by atoms with van der Waals surface area (Å²) < 4.78 is 55.2. The predicted octanol–water partition coefficient (Wildman–Crippen LogP) is 2.95. The van der Waals surface area contributed by atoms with Gasteiger partial charge in [-0.2, -0.15) is 13.2 Å². The van der Waals surface area contributed by atoms with Crippen molar-refractivity contribution in [1.29, 1.82) is 0 Å². The molecule has 2 aromatic rings. The quantitative estimate of drug-likeness (QED) is 0.627. The summed E-state index contributed by atoms with van der Waals surface area (Å²) in [5.74, 6) is 0.579. The fraction of sp³-hybridized carbons (Fsp3) is 0.571. The Kier molecular flexibility index (Phi) is 4.37. The molecule has 6 rings (SSSR count). The summed E-state index contributed by atoms with van der Waals surface area (Å²) in [6, 6.07) is 5.16. The highest BCUT2D eigenvalue weighted by Gasteiger charge is 2.60. The van der Waals surface area contributed by atoms with Crippen LogP contribution < -0.4 is 4.90 Å². The first kappa shape index (κ1) is 21.2. The Hall–Kier alpha value is -2.40. The number of amides is 1. The third-order valence-corrected chi connectivity index (χ3v) is 7.14. The van der Waals surface area contributed by atoms with Gasteiger partial charge in [0.05, 0.1) is 18.8 Å². The summed E-state index contributed by atoms with van der Waals surface area (Å²) in [5.41, 5.74) is -0.371. The van der Waals surface area contributed by atoms with E-state index in [0.29, 0.717) is 67.1 Å². The summed E-state index contributed by atoms with van der Waals surface area (Å²) in [6.07, 6.45) is -3.73. The zero-order chi connectivity index (χ0) is 23.2. The lowest BCUT2D eigenvalue weighted by Crippen LogP contribution is -2.74. The summed E-state index contributed by atoms with van der Waals surface area (Å²) in [5, 5.41) is 8.96. The lowest BCUT2D eigenvalue weighted by atomic mass is 9.72. The van der Waals surface area contributed by atoms with Crippen LogP contribution in [-0.4, -0.2) is 75.0 Å². The molecule has 3 aliphatic heterocycles. The van der Waals surface area contributed by atoms with Crippen molar-refractivity contribution < 1.29 is 22.4 Å². The molecule has 1 saturated carbocycles. The molecule has 1 aliphatic carbocycles. The molecule has 1 spiro atoms. The summed E-state index contributed by atoms with van der Waals surface area (Å²) in [7, 11) is 0. The minimum atomic E-state index is -4.34. The molecule has 1 amide bonds. The van der Waals surface area contributed by atoms with Crippen LogP contribution in [0.3, 0.4) is 0 Å². The Morgan fingerprint density at radius 1 is 1.09 bits per heavy atom. The van der Waals surface area contributed by atoms with Gasteiger partial charge in [-0.25, -0.2) is 4.39 Å². The van der Waals surface area contributed by atoms with Crippen LogP contribution in [-0.2, 0) is 17.9 Å². The van der Waals surface area contributed by atoms with Crippen LogP contribution in [0, 0.1) is 5.41 Å². The van der Waals surface area contributed by atoms with E-state index < -0.39 is 24.3 Å². The van der Waals surface area contributed by atoms with Gasteiger partial charge in [0.1, 0.15) is 0 Å². The highest BCUT2D eigenvalue weighted by atomic mass is 35.5. The van der Waals surface area contributed by atoms with Crippen LogP contribution in [0.15, 0.2) is 18.2 Å². The number of aromatic nitrogens is 3. The van der Waals surface area contributed by atoms with Gasteiger partial charge in [-0.05, 0) is 36.6 Å². The molecule has 1 aromatic heterocycles. The second-order valence-electron chi connectivity index (χ2n) is 9.77. The van der Waals surface area contributed by atoms with E-state index in [1.807, 2.05) is 4.90 Å². The van der Waals surface area contributed by atoms with Gasteiger partial charge in [-0.15, -0.1) is 10.2 Å². The number of benzene rings is 1. The molecule has 3 fully saturated rings. The van der Waals surface area contributed by atoms with Crippen LogP contribution in [0.4, 0.5) is 23.5 Å². The SMILES string of the molecule is O=C(N1CC2(C1)CN(c1nnc3n1-c1ccc(Cl)cc1CN(CC(F)(F)F)C3)C2)C1(F)CC1. The molecular weight excluding hydrogens is 464 g/mol. The van der Waals surface area contributed by atoms with E-state index >= 15 is 0 Å². The standard InChI is InChI=1S/C21H21ClF4N6O/c22-14-1-2-15-13(5-14)6-29(12-21(24,25)26)7-16-27-28-18(32(15)16)31-10-19(11-31)8-30(9-19)17(33)20(23)3-4-20/h1-2,5H,3-4,6-12H2. The maximum Gasteiger partial charge on any atom is 0.401 e. The van der Waals surface area contributed by atoms with E-state index in [4.69, 9.17) is 11.6 Å². The molecule has 33 heavy (non-hydrogen) atoms. The zero-order valence-electron chi connectivity index (χ0n) is 17.6. The maximum atomic E-state index is 14.1. The Morgan fingerprint density at radius 3 is 2.48 bits per heavy atom. The van der Waals surface area contributed by atoms with Crippen molar-refractivity contribution in [3.05, 3.63) is 34.6 Å². The fourth-order valence-corrected chi connectivity index (χ4v) is 5.44. The molecule has 0 atom stereocenters. The number of hydrogen-bond donors (Lipinski definition) is 0. The van der Waals surface area contributed by atoms with Gasteiger partial charge in [0.2, 0.25) is 5.95 Å². The van der Waals surface area contributed by atoms with Crippen molar-refractivity contribution >= 4 is 23.5 Å². The summed E-state index contributed by atoms with van der Waals surface area (Å²) in [6.45, 7) is 1.31. The largest absolute Gasteiger partial charge is 0.401 e. The molecule has 4 heterocycles. The smallest absolute Gasteiger partial charge is 0.339 e. The van der Waals surface area contributed by atoms with Crippen LogP contribution in [0.2, 0.25) is 5.02 Å². The number of anilines is 1. The molecule has 0 unspecified atom stereocenters. The Labute approximate surface area is 191 Å². The average molecular weight is 485 g/mol. The van der Waals surface area contributed by atoms with E-state index in [-0.39, 0.29) is 18.5 Å². The van der Waals surface area contributed by atoms with Crippen LogP contribution in [0.25, 0.3) is 5.69 Å². The van der Waals surface area contributed by atoms with Gasteiger partial charge in [-0.1, -0.05) is 11.6 Å². The molecule has 1 aromatic carbocycles. The first-order valence-corrected chi connectivity index (χ1v) is 11.2. The monoisotopic (exact) mass is 484 g/mol. The first-order valence-electron chi connectivity index (χ1n) is 10.8. The third-order valence-electron chi connectivity index (χ3n) is 6.90. The average Bonchev–Trinajstić information content (AvgIpc) is 3.32. The number of fused-ring (bicyclic) bond motifs is 3. The normalized spacial score (nSPS) is 22.8. The Bertz CT molecular complexity index is 1130. The lowest BCUT2D eigenvalue weighted by molar-refractivity contribution is -0.152. The van der Waals surface area contributed by atoms with Gasteiger partial charge >= 0.3 is 6.18 Å². The molecule has 176 valence electrons. The van der Waals surface area contributed by atoms with Crippen molar-refractivity contribution in [3.8, 4) is 5.69 Å². The third kappa shape index (κ3) is 3.56. The van der Waals surface area contributed by atoms with Gasteiger partial charge in [-0.3, -0.25) is 14.3 Å². The molecule has 0 bridgehead atoms. The minimum Gasteiger partial charge on any atom is -0.339 e. The van der Waals surface area contributed by atoms with E-state index in [1.54, 1.807) is 27.7 Å². The Morgan fingerprint density at radius 2 is 1.82 bits per heavy atom. The van der Waals surface area contributed by atoms with Gasteiger partial charge in [0.25, 0.3) is 5.91 Å². The number of halogens is 5. The van der Waals surface area contributed by atoms with Crippen molar-refractivity contribution in [2.75, 3.05) is 37.6 Å². The molecule has 12 heteroatoms. The van der Waals surface area contributed by atoms with Crippen molar-refractivity contribution in [2.45, 2.75) is 37.8 Å². The number of alkyl halides is 4. The first-order chi connectivity index (χ1) is 15.5. The minimum absolute atomic E-state index is 0.00134. The summed E-state index contributed by atoms with van der Waals surface area (Å²) >= 11 is 6.14. The van der Waals surface area contributed by atoms with E-state index in [1.165, 1.54) is 4.90 Å². The van der Waals surface area contributed by atoms with Gasteiger partial charge in [0, 0.05) is 43.2 Å². The number of carbonyl (C=O) groups is 1. The number of carbonyl (C=O) groups excluding carboxylic acids is 1. The molecular formula is C21H21ClF4N6O. The van der Waals surface area contributed by atoms with Crippen molar-refractivity contribution in [3.63, 3.8) is 0 Å². The van der Waals surface area contributed by atoms with Crippen LogP contribution in [0.5, 0.6) is 0 Å². The second kappa shape index (κ2) is 6.82. The van der Waals surface area contributed by atoms with Gasteiger partial charge in [0.15, 0.2) is 11.5 Å². The second-order valence-corrected chi connectivity index (χ2v) is 10.2. The lowest BCUT2D eigenvalue weighted by Gasteiger charge is -2.60. The highest BCUT2D eigenvalue weighted by molar-refractivity contribution is 6.30. The van der Waals surface area contributed by atoms with Crippen LogP contribution >= 0.6 is 11.6 Å². The van der Waals surface area contributed by atoms with E-state index in [0.717, 1.165) is 0 Å². The van der Waals surface area contributed by atoms with Gasteiger partial charge < -0.3 is 9.80 Å². The number of hydrogen-bond acceptors (Lipinski definition) is 5. The number of likely N-dealkylation sites (tertiary alicyclic amines) is 1. The fourth-order valence-electron chi connectivity index (χ4n) is 5.24. The zero-order valence-corrected chi connectivity index (χ0v) is 18.3.